The SMILES string of the molecule is CC(=O)c1cccc(NC(C)C(=O)NC(C)(C)C)c1. The fourth-order valence-electron chi connectivity index (χ4n) is 1.62. The number of benzene rings is 1. The molecule has 0 saturated heterocycles. The Hall–Kier alpha value is -1.84. The van der Waals surface area contributed by atoms with Crippen LogP contribution in [0.5, 0.6) is 0 Å². The third kappa shape index (κ3) is 5.12. The van der Waals surface area contributed by atoms with E-state index in [2.05, 4.69) is 10.6 Å². The third-order valence-corrected chi connectivity index (χ3v) is 2.54. The number of Topliss-reactive ketones (excluding diaryl/α,β-unsaturated/α-hetero) is 1. The zero-order valence-electron chi connectivity index (χ0n) is 12.2. The summed E-state index contributed by atoms with van der Waals surface area (Å²) in [6, 6.07) is 6.79. The lowest BCUT2D eigenvalue weighted by Gasteiger charge is -2.24. The number of anilines is 1. The smallest absolute Gasteiger partial charge is 0.242 e. The van der Waals surface area contributed by atoms with Crippen molar-refractivity contribution in [3.63, 3.8) is 0 Å². The summed E-state index contributed by atoms with van der Waals surface area (Å²) >= 11 is 0. The molecule has 1 unspecified atom stereocenters. The molecule has 0 fully saturated rings. The fraction of sp³-hybridized carbons (Fsp3) is 0.467. The first-order chi connectivity index (χ1) is 8.69. The minimum absolute atomic E-state index is 0.00967. The van der Waals surface area contributed by atoms with Gasteiger partial charge in [-0.1, -0.05) is 12.1 Å². The van der Waals surface area contributed by atoms with Gasteiger partial charge in [0.25, 0.3) is 0 Å². The molecule has 0 heterocycles. The maximum absolute atomic E-state index is 11.9. The van der Waals surface area contributed by atoms with E-state index in [-0.39, 0.29) is 23.3 Å². The largest absolute Gasteiger partial charge is 0.374 e. The van der Waals surface area contributed by atoms with Crippen molar-refractivity contribution in [2.45, 2.75) is 46.2 Å². The van der Waals surface area contributed by atoms with Crippen LogP contribution in [-0.4, -0.2) is 23.3 Å². The van der Waals surface area contributed by atoms with Crippen molar-refractivity contribution in [3.8, 4) is 0 Å². The van der Waals surface area contributed by atoms with Gasteiger partial charge in [0, 0.05) is 16.8 Å². The van der Waals surface area contributed by atoms with Crippen LogP contribution >= 0.6 is 0 Å². The lowest BCUT2D eigenvalue weighted by molar-refractivity contribution is -0.122. The molecule has 0 aliphatic rings. The van der Waals surface area contributed by atoms with Crippen LogP contribution in [0.4, 0.5) is 5.69 Å². The molecule has 0 aliphatic carbocycles. The van der Waals surface area contributed by atoms with Crippen LogP contribution in [-0.2, 0) is 4.79 Å². The minimum Gasteiger partial charge on any atom is -0.374 e. The molecule has 1 atom stereocenters. The molecule has 0 saturated carbocycles. The Balaban J connectivity index is 2.71. The summed E-state index contributed by atoms with van der Waals surface area (Å²) in [5.41, 5.74) is 1.14. The van der Waals surface area contributed by atoms with Gasteiger partial charge in [-0.05, 0) is 46.8 Å². The molecule has 19 heavy (non-hydrogen) atoms. The molecule has 0 aromatic heterocycles. The van der Waals surface area contributed by atoms with Gasteiger partial charge < -0.3 is 10.6 Å². The molecular formula is C15H22N2O2. The second-order valence-corrected chi connectivity index (χ2v) is 5.74. The van der Waals surface area contributed by atoms with E-state index in [0.29, 0.717) is 5.56 Å². The third-order valence-electron chi connectivity index (χ3n) is 2.54. The average molecular weight is 262 g/mol. The summed E-state index contributed by atoms with van der Waals surface area (Å²) in [5.74, 6) is -0.0591. The van der Waals surface area contributed by atoms with Crippen LogP contribution in [0.2, 0.25) is 0 Å². The maximum Gasteiger partial charge on any atom is 0.242 e. The van der Waals surface area contributed by atoms with Crippen LogP contribution in [0.25, 0.3) is 0 Å². The Morgan fingerprint density at radius 1 is 1.21 bits per heavy atom. The van der Waals surface area contributed by atoms with Gasteiger partial charge in [-0.15, -0.1) is 0 Å². The molecule has 0 bridgehead atoms. The molecule has 1 aromatic rings. The standard InChI is InChI=1S/C15H22N2O2/c1-10(14(19)17-15(3,4)5)16-13-8-6-7-12(9-13)11(2)18/h6-10,16H,1-5H3,(H,17,19). The van der Waals surface area contributed by atoms with Gasteiger partial charge >= 0.3 is 0 Å². The van der Waals surface area contributed by atoms with Crippen LogP contribution in [0, 0.1) is 0 Å². The Morgan fingerprint density at radius 3 is 2.37 bits per heavy atom. The van der Waals surface area contributed by atoms with E-state index in [9.17, 15) is 9.59 Å². The van der Waals surface area contributed by atoms with Gasteiger partial charge in [-0.25, -0.2) is 0 Å². The summed E-state index contributed by atoms with van der Waals surface area (Å²) in [5, 5.41) is 6.00. The van der Waals surface area contributed by atoms with E-state index in [0.717, 1.165) is 5.69 Å². The van der Waals surface area contributed by atoms with E-state index >= 15 is 0 Å². The summed E-state index contributed by atoms with van der Waals surface area (Å²) < 4.78 is 0. The number of ketones is 1. The fourth-order valence-corrected chi connectivity index (χ4v) is 1.62. The van der Waals surface area contributed by atoms with Crippen LogP contribution < -0.4 is 10.6 Å². The van der Waals surface area contributed by atoms with Gasteiger partial charge in [0.15, 0.2) is 5.78 Å². The molecule has 1 amide bonds. The Kier molecular flexibility index (Phi) is 4.70. The highest BCUT2D eigenvalue weighted by molar-refractivity contribution is 5.95. The van der Waals surface area contributed by atoms with Gasteiger partial charge in [0.05, 0.1) is 0 Å². The van der Waals surface area contributed by atoms with E-state index < -0.39 is 0 Å². The summed E-state index contributed by atoms with van der Waals surface area (Å²) in [4.78, 5) is 23.2. The molecule has 0 aliphatic heterocycles. The van der Waals surface area contributed by atoms with Gasteiger partial charge in [-0.3, -0.25) is 9.59 Å². The molecule has 2 N–H and O–H groups in total. The first-order valence-corrected chi connectivity index (χ1v) is 6.38. The molecule has 0 spiro atoms. The quantitative estimate of drug-likeness (QED) is 0.820. The topological polar surface area (TPSA) is 58.2 Å². The number of hydrogen-bond acceptors (Lipinski definition) is 3. The predicted octanol–water partition coefficient (Wildman–Crippen LogP) is 2.60. The molecule has 1 aromatic carbocycles. The highest BCUT2D eigenvalue weighted by Gasteiger charge is 2.19. The van der Waals surface area contributed by atoms with E-state index in [1.807, 2.05) is 26.8 Å². The predicted molar refractivity (Wildman–Crippen MR) is 77.4 cm³/mol. The van der Waals surface area contributed by atoms with Gasteiger partial charge in [0.2, 0.25) is 5.91 Å². The summed E-state index contributed by atoms with van der Waals surface area (Å²) in [6.45, 7) is 9.13. The highest BCUT2D eigenvalue weighted by Crippen LogP contribution is 2.12. The molecule has 4 heteroatoms. The molecule has 104 valence electrons. The summed E-state index contributed by atoms with van der Waals surface area (Å²) in [6.07, 6.45) is 0. The second kappa shape index (κ2) is 5.87. The second-order valence-electron chi connectivity index (χ2n) is 5.74. The van der Waals surface area contributed by atoms with Gasteiger partial charge in [0.1, 0.15) is 6.04 Å². The number of carbonyl (C=O) groups excluding carboxylic acids is 2. The zero-order chi connectivity index (χ0) is 14.6. The lowest BCUT2D eigenvalue weighted by atomic mass is 10.1. The first kappa shape index (κ1) is 15.2. The van der Waals surface area contributed by atoms with Crippen molar-refractivity contribution < 1.29 is 9.59 Å². The Bertz CT molecular complexity index is 475. The molecular weight excluding hydrogens is 240 g/mol. The molecule has 1 rings (SSSR count). The molecule has 0 radical (unpaired) electrons. The van der Waals surface area contributed by atoms with Crippen molar-refractivity contribution in [3.05, 3.63) is 29.8 Å². The number of amides is 1. The van der Waals surface area contributed by atoms with E-state index in [1.54, 1.807) is 25.1 Å². The van der Waals surface area contributed by atoms with Crippen molar-refractivity contribution in [1.29, 1.82) is 0 Å². The van der Waals surface area contributed by atoms with Crippen molar-refractivity contribution >= 4 is 17.4 Å². The van der Waals surface area contributed by atoms with E-state index in [4.69, 9.17) is 0 Å². The first-order valence-electron chi connectivity index (χ1n) is 6.38. The van der Waals surface area contributed by atoms with Gasteiger partial charge in [-0.2, -0.15) is 0 Å². The highest BCUT2D eigenvalue weighted by atomic mass is 16.2. The van der Waals surface area contributed by atoms with Crippen molar-refractivity contribution in [2.24, 2.45) is 0 Å². The molecule has 4 nitrogen and oxygen atoms in total. The maximum atomic E-state index is 11.9. The van der Waals surface area contributed by atoms with E-state index in [1.165, 1.54) is 6.92 Å². The van der Waals surface area contributed by atoms with Crippen LogP contribution in [0.15, 0.2) is 24.3 Å². The number of rotatable bonds is 4. The normalized spacial score (nSPS) is 12.7. The number of nitrogens with one attached hydrogen (secondary N) is 2. The summed E-state index contributed by atoms with van der Waals surface area (Å²) in [7, 11) is 0. The number of hydrogen-bond donors (Lipinski definition) is 2. The Labute approximate surface area is 114 Å². The number of carbonyl (C=O) groups is 2. The van der Waals surface area contributed by atoms with Crippen LogP contribution in [0.3, 0.4) is 0 Å². The van der Waals surface area contributed by atoms with Crippen LogP contribution in [0.1, 0.15) is 45.0 Å². The van der Waals surface area contributed by atoms with Crippen molar-refractivity contribution in [1.82, 2.24) is 5.32 Å². The lowest BCUT2D eigenvalue weighted by Crippen LogP contribution is -2.47. The average Bonchev–Trinajstić information content (AvgIpc) is 2.27. The van der Waals surface area contributed by atoms with Crippen molar-refractivity contribution in [2.75, 3.05) is 5.32 Å². The minimum atomic E-state index is -0.360. The monoisotopic (exact) mass is 262 g/mol. The Morgan fingerprint density at radius 2 is 1.84 bits per heavy atom. The zero-order valence-corrected chi connectivity index (χ0v) is 12.2.